The molecule has 0 amide bonds. The van der Waals surface area contributed by atoms with E-state index in [2.05, 4.69) is 11.7 Å². The SMILES string of the molecule is C=CCc1cc(/C=N\OCc2cccc([N+](=O)[O-])c2)cc(OCC)c1OCc1ccc(Cl)cc1Cl. The normalized spacial score (nSPS) is 10.8. The third-order valence-electron chi connectivity index (χ3n) is 4.83. The minimum absolute atomic E-state index is 0.000907. The number of allylic oxidation sites excluding steroid dienone is 1. The predicted molar refractivity (Wildman–Crippen MR) is 138 cm³/mol. The Hall–Kier alpha value is -3.55. The number of halogens is 2. The van der Waals surface area contributed by atoms with E-state index in [-0.39, 0.29) is 18.9 Å². The molecule has 0 aliphatic carbocycles. The standard InChI is InChI=1S/C26H24Cl2N2O5/c1-3-6-20-11-19(15-29-35-16-18-7-5-8-23(12-18)30(31)32)13-25(33-4-2)26(20)34-17-21-9-10-22(27)14-24(21)28/h3,5,7-15H,1,4,6,16-17H2,2H3/b29-15-. The summed E-state index contributed by atoms with van der Waals surface area (Å²) in [7, 11) is 0. The van der Waals surface area contributed by atoms with Crippen LogP contribution in [0.4, 0.5) is 5.69 Å². The van der Waals surface area contributed by atoms with Crippen LogP contribution >= 0.6 is 23.2 Å². The fourth-order valence-corrected chi connectivity index (χ4v) is 3.71. The Balaban J connectivity index is 1.77. The monoisotopic (exact) mass is 514 g/mol. The number of nitro benzene ring substituents is 1. The first-order valence-electron chi connectivity index (χ1n) is 10.8. The zero-order chi connectivity index (χ0) is 25.2. The van der Waals surface area contributed by atoms with Gasteiger partial charge in [-0.3, -0.25) is 10.1 Å². The van der Waals surface area contributed by atoms with Crippen molar-refractivity contribution >= 4 is 35.1 Å². The van der Waals surface area contributed by atoms with E-state index in [9.17, 15) is 10.1 Å². The lowest BCUT2D eigenvalue weighted by atomic mass is 10.1. The maximum absolute atomic E-state index is 10.9. The zero-order valence-electron chi connectivity index (χ0n) is 19.1. The van der Waals surface area contributed by atoms with E-state index in [0.717, 1.165) is 16.7 Å². The zero-order valence-corrected chi connectivity index (χ0v) is 20.6. The van der Waals surface area contributed by atoms with Crippen LogP contribution in [0, 0.1) is 10.1 Å². The molecule has 7 nitrogen and oxygen atoms in total. The second kappa shape index (κ2) is 12.8. The fourth-order valence-electron chi connectivity index (χ4n) is 3.25. The number of rotatable bonds is 12. The van der Waals surface area contributed by atoms with Gasteiger partial charge in [0.05, 0.1) is 17.7 Å². The van der Waals surface area contributed by atoms with Crippen molar-refractivity contribution in [2.24, 2.45) is 5.16 Å². The number of oxime groups is 1. The van der Waals surface area contributed by atoms with Crippen LogP contribution in [0.5, 0.6) is 11.5 Å². The highest BCUT2D eigenvalue weighted by atomic mass is 35.5. The third kappa shape index (κ3) is 7.47. The molecule has 35 heavy (non-hydrogen) atoms. The molecular weight excluding hydrogens is 491 g/mol. The molecule has 0 N–H and O–H groups in total. The number of non-ortho nitro benzene ring substituents is 1. The van der Waals surface area contributed by atoms with Crippen molar-refractivity contribution < 1.29 is 19.2 Å². The maximum atomic E-state index is 10.9. The lowest BCUT2D eigenvalue weighted by Crippen LogP contribution is -2.04. The average Bonchev–Trinajstić information content (AvgIpc) is 2.83. The first-order valence-corrected chi connectivity index (χ1v) is 11.5. The molecule has 9 heteroatoms. The van der Waals surface area contributed by atoms with Gasteiger partial charge >= 0.3 is 0 Å². The van der Waals surface area contributed by atoms with Gasteiger partial charge in [0.1, 0.15) is 13.2 Å². The number of nitrogens with zero attached hydrogens (tertiary/aromatic N) is 2. The Morgan fingerprint density at radius 1 is 1.06 bits per heavy atom. The molecule has 0 aromatic heterocycles. The maximum Gasteiger partial charge on any atom is 0.269 e. The first-order chi connectivity index (χ1) is 16.9. The van der Waals surface area contributed by atoms with Crippen molar-refractivity contribution in [3.8, 4) is 11.5 Å². The average molecular weight is 515 g/mol. The highest BCUT2D eigenvalue weighted by Gasteiger charge is 2.14. The van der Waals surface area contributed by atoms with Gasteiger partial charge in [0.2, 0.25) is 0 Å². The van der Waals surface area contributed by atoms with Gasteiger partial charge in [-0.1, -0.05) is 52.6 Å². The Labute approximate surface area is 213 Å². The minimum Gasteiger partial charge on any atom is -0.490 e. The highest BCUT2D eigenvalue weighted by Crippen LogP contribution is 2.35. The number of nitro groups is 1. The predicted octanol–water partition coefficient (Wildman–Crippen LogP) is 7.16. The quantitative estimate of drug-likeness (QED) is 0.111. The van der Waals surface area contributed by atoms with Crippen LogP contribution in [0.3, 0.4) is 0 Å². The largest absolute Gasteiger partial charge is 0.490 e. The molecule has 3 aromatic rings. The molecular formula is C26H24Cl2N2O5. The Kier molecular flexibility index (Phi) is 9.52. The van der Waals surface area contributed by atoms with Gasteiger partial charge in [0.15, 0.2) is 11.5 Å². The van der Waals surface area contributed by atoms with Crippen LogP contribution in [-0.2, 0) is 24.5 Å². The molecule has 0 aliphatic rings. The van der Waals surface area contributed by atoms with Crippen LogP contribution in [0.15, 0.2) is 72.4 Å². The second-order valence-electron chi connectivity index (χ2n) is 7.39. The van der Waals surface area contributed by atoms with Crippen molar-refractivity contribution in [2.45, 2.75) is 26.6 Å². The van der Waals surface area contributed by atoms with Gasteiger partial charge in [-0.2, -0.15) is 0 Å². The van der Waals surface area contributed by atoms with E-state index < -0.39 is 4.92 Å². The van der Waals surface area contributed by atoms with E-state index in [1.807, 2.05) is 19.1 Å². The van der Waals surface area contributed by atoms with Crippen molar-refractivity contribution in [2.75, 3.05) is 6.61 Å². The molecule has 0 fully saturated rings. The summed E-state index contributed by atoms with van der Waals surface area (Å²) >= 11 is 12.3. The molecule has 182 valence electrons. The number of hydrogen-bond acceptors (Lipinski definition) is 6. The van der Waals surface area contributed by atoms with E-state index in [0.29, 0.717) is 40.1 Å². The number of ether oxygens (including phenoxy) is 2. The summed E-state index contributed by atoms with van der Waals surface area (Å²) in [5, 5.41) is 16.0. The molecule has 0 bridgehead atoms. The van der Waals surface area contributed by atoms with Gasteiger partial charge in [-0.05, 0) is 43.2 Å². The van der Waals surface area contributed by atoms with Gasteiger partial charge in [-0.15, -0.1) is 6.58 Å². The summed E-state index contributed by atoms with van der Waals surface area (Å²) in [5.41, 5.74) is 3.03. The van der Waals surface area contributed by atoms with E-state index in [1.54, 1.807) is 42.6 Å². The minimum atomic E-state index is -0.451. The summed E-state index contributed by atoms with van der Waals surface area (Å²) in [6.07, 6.45) is 3.86. The second-order valence-corrected chi connectivity index (χ2v) is 8.24. The van der Waals surface area contributed by atoms with Gasteiger partial charge in [0.25, 0.3) is 5.69 Å². The van der Waals surface area contributed by atoms with E-state index >= 15 is 0 Å². The molecule has 0 radical (unpaired) electrons. The van der Waals surface area contributed by atoms with Crippen molar-refractivity contribution in [1.29, 1.82) is 0 Å². The molecule has 0 saturated heterocycles. The molecule has 0 atom stereocenters. The third-order valence-corrected chi connectivity index (χ3v) is 5.42. The van der Waals surface area contributed by atoms with Crippen molar-refractivity contribution in [3.05, 3.63) is 110 Å². The molecule has 0 saturated carbocycles. The van der Waals surface area contributed by atoms with E-state index in [1.165, 1.54) is 12.1 Å². The topological polar surface area (TPSA) is 83.2 Å². The fraction of sp³-hybridized carbons (Fsp3) is 0.192. The van der Waals surface area contributed by atoms with Crippen LogP contribution < -0.4 is 9.47 Å². The molecule has 0 spiro atoms. The van der Waals surface area contributed by atoms with Gasteiger partial charge < -0.3 is 14.3 Å². The van der Waals surface area contributed by atoms with Gasteiger partial charge in [-0.25, -0.2) is 0 Å². The van der Waals surface area contributed by atoms with E-state index in [4.69, 9.17) is 37.5 Å². The number of benzene rings is 3. The summed E-state index contributed by atoms with van der Waals surface area (Å²) in [6.45, 7) is 6.49. The molecule has 0 heterocycles. The summed E-state index contributed by atoms with van der Waals surface area (Å²) in [5.74, 6) is 1.14. The molecule has 3 aromatic carbocycles. The lowest BCUT2D eigenvalue weighted by molar-refractivity contribution is -0.384. The molecule has 0 unspecified atom stereocenters. The van der Waals surface area contributed by atoms with Crippen LogP contribution in [0.2, 0.25) is 10.0 Å². The van der Waals surface area contributed by atoms with Crippen LogP contribution in [0.25, 0.3) is 0 Å². The van der Waals surface area contributed by atoms with Crippen LogP contribution in [0.1, 0.15) is 29.2 Å². The highest BCUT2D eigenvalue weighted by molar-refractivity contribution is 6.35. The first kappa shape index (κ1) is 26.1. The Morgan fingerprint density at radius 3 is 2.60 bits per heavy atom. The summed E-state index contributed by atoms with van der Waals surface area (Å²) in [4.78, 5) is 15.8. The van der Waals surface area contributed by atoms with Gasteiger partial charge in [0, 0.05) is 38.9 Å². The van der Waals surface area contributed by atoms with Crippen molar-refractivity contribution in [3.63, 3.8) is 0 Å². The Morgan fingerprint density at radius 2 is 1.89 bits per heavy atom. The number of hydrogen-bond donors (Lipinski definition) is 0. The molecule has 0 aliphatic heterocycles. The smallest absolute Gasteiger partial charge is 0.269 e. The molecule has 3 rings (SSSR count). The Bertz CT molecular complexity index is 1230. The van der Waals surface area contributed by atoms with Crippen molar-refractivity contribution in [1.82, 2.24) is 0 Å². The lowest BCUT2D eigenvalue weighted by Gasteiger charge is -2.17. The summed E-state index contributed by atoms with van der Waals surface area (Å²) in [6, 6.07) is 15.2. The summed E-state index contributed by atoms with van der Waals surface area (Å²) < 4.78 is 12.0. The van der Waals surface area contributed by atoms with Crippen LogP contribution in [-0.4, -0.2) is 17.7 Å².